The smallest absolute Gasteiger partial charge is 0.449 e. The predicted octanol–water partition coefficient (Wildman–Crippen LogP) is 1.38. The third-order valence-electron chi connectivity index (χ3n) is 1.21. The second-order valence-corrected chi connectivity index (χ2v) is 1.89. The number of rotatable bonds is 2. The number of aryl methyl sites for hydroxylation is 1. The number of hydrogen-bond acceptors (Lipinski definition) is 3. The van der Waals surface area contributed by atoms with Crippen LogP contribution in [0.15, 0.2) is 12.5 Å². The monoisotopic (exact) mass is 192 g/mol. The van der Waals surface area contributed by atoms with Crippen molar-refractivity contribution in [2.45, 2.75) is 13.5 Å². The molecule has 0 radical (unpaired) electrons. The molecule has 1 rings (SSSR count). The maximum absolute atomic E-state index is 10.1. The van der Waals surface area contributed by atoms with E-state index >= 15 is 0 Å². The molecule has 0 aromatic carbocycles. The van der Waals surface area contributed by atoms with E-state index in [1.807, 2.05) is 6.92 Å². The van der Waals surface area contributed by atoms with E-state index in [1.165, 1.54) is 12.5 Å². The number of nitrogens with zero attached hydrogens (tertiary/aromatic N) is 2. The molecule has 6 heteroatoms. The average Bonchev–Trinajstić information content (AvgIpc) is 2.34. The van der Waals surface area contributed by atoms with Gasteiger partial charge in [0.1, 0.15) is 0 Å². The van der Waals surface area contributed by atoms with Gasteiger partial charge in [0, 0.05) is 6.54 Å². The highest BCUT2D eigenvalue weighted by atomic mass is 35.5. The Bertz CT molecular complexity index is 261. The van der Waals surface area contributed by atoms with Crippen molar-refractivity contribution in [3.8, 4) is 5.88 Å². The molecule has 0 spiro atoms. The lowest BCUT2D eigenvalue weighted by Gasteiger charge is -2.00. The van der Waals surface area contributed by atoms with Crippen LogP contribution in [0.1, 0.15) is 6.92 Å². The topological polar surface area (TPSA) is 64.4 Å². The Morgan fingerprint density at radius 3 is 3.00 bits per heavy atom. The summed E-state index contributed by atoms with van der Waals surface area (Å²) in [5, 5.41) is 8.24. The van der Waals surface area contributed by atoms with E-state index in [0.29, 0.717) is 6.54 Å². The van der Waals surface area contributed by atoms with Gasteiger partial charge >= 0.3 is 6.16 Å². The summed E-state index contributed by atoms with van der Waals surface area (Å²) in [4.78, 5) is 13.8. The minimum Gasteiger partial charge on any atom is -0.449 e. The maximum Gasteiger partial charge on any atom is 0.512 e. The number of ether oxygens (including phenoxy) is 1. The number of halogens is 1. The van der Waals surface area contributed by atoms with Crippen molar-refractivity contribution >= 4 is 18.6 Å². The minimum absolute atomic E-state index is 0. The Hall–Kier alpha value is -1.23. The molecule has 12 heavy (non-hydrogen) atoms. The van der Waals surface area contributed by atoms with Crippen LogP contribution in [0, 0.1) is 0 Å². The second kappa shape index (κ2) is 4.61. The van der Waals surface area contributed by atoms with E-state index < -0.39 is 6.16 Å². The summed E-state index contributed by atoms with van der Waals surface area (Å²) in [6.07, 6.45) is 1.55. The highest BCUT2D eigenvalue weighted by molar-refractivity contribution is 5.85. The van der Waals surface area contributed by atoms with Crippen LogP contribution in [0.25, 0.3) is 0 Å². The Morgan fingerprint density at radius 2 is 2.50 bits per heavy atom. The molecule has 0 aliphatic carbocycles. The quantitative estimate of drug-likeness (QED) is 0.719. The molecule has 1 aromatic heterocycles. The summed E-state index contributed by atoms with van der Waals surface area (Å²) in [5.74, 6) is 0.250. The Morgan fingerprint density at radius 1 is 1.83 bits per heavy atom. The molecule has 0 unspecified atom stereocenters. The molecule has 0 aliphatic heterocycles. The van der Waals surface area contributed by atoms with Gasteiger partial charge in [-0.2, -0.15) is 0 Å². The number of imidazole rings is 1. The molecule has 0 atom stereocenters. The highest BCUT2D eigenvalue weighted by Crippen LogP contribution is 2.08. The summed E-state index contributed by atoms with van der Waals surface area (Å²) in [7, 11) is 0. The predicted molar refractivity (Wildman–Crippen MR) is 43.8 cm³/mol. The number of carboxylic acid groups (broad SMARTS) is 1. The minimum atomic E-state index is -1.32. The fourth-order valence-electron chi connectivity index (χ4n) is 0.721. The first-order chi connectivity index (χ1) is 5.24. The second-order valence-electron chi connectivity index (χ2n) is 1.89. The van der Waals surface area contributed by atoms with Crippen LogP contribution >= 0.6 is 12.4 Å². The van der Waals surface area contributed by atoms with Crippen LogP contribution < -0.4 is 4.74 Å². The van der Waals surface area contributed by atoms with Gasteiger partial charge in [0.15, 0.2) is 0 Å². The van der Waals surface area contributed by atoms with Gasteiger partial charge in [-0.05, 0) is 6.92 Å². The first-order valence-corrected chi connectivity index (χ1v) is 3.15. The van der Waals surface area contributed by atoms with E-state index in [2.05, 4.69) is 9.72 Å². The zero-order valence-corrected chi connectivity index (χ0v) is 7.24. The highest BCUT2D eigenvalue weighted by Gasteiger charge is 2.04. The number of hydrogen-bond donors (Lipinski definition) is 1. The Labute approximate surface area is 75.4 Å². The first kappa shape index (κ1) is 10.8. The molecule has 1 N–H and O–H groups in total. The molecule has 0 saturated heterocycles. The van der Waals surface area contributed by atoms with E-state index in [0.717, 1.165) is 0 Å². The normalized spacial score (nSPS) is 8.75. The van der Waals surface area contributed by atoms with Crippen LogP contribution in [0.3, 0.4) is 0 Å². The first-order valence-electron chi connectivity index (χ1n) is 3.15. The van der Waals surface area contributed by atoms with Crippen molar-refractivity contribution in [2.75, 3.05) is 0 Å². The molecule has 0 amide bonds. The van der Waals surface area contributed by atoms with Gasteiger partial charge in [0.2, 0.25) is 5.88 Å². The van der Waals surface area contributed by atoms with Crippen LogP contribution in [0.4, 0.5) is 4.79 Å². The van der Waals surface area contributed by atoms with Gasteiger partial charge in [0.25, 0.3) is 0 Å². The maximum atomic E-state index is 10.1. The zero-order chi connectivity index (χ0) is 8.27. The van der Waals surface area contributed by atoms with E-state index in [4.69, 9.17) is 5.11 Å². The molecular formula is C6H9ClN2O3. The van der Waals surface area contributed by atoms with Crippen molar-refractivity contribution in [1.82, 2.24) is 9.55 Å². The molecule has 68 valence electrons. The van der Waals surface area contributed by atoms with Crippen molar-refractivity contribution in [2.24, 2.45) is 0 Å². The summed E-state index contributed by atoms with van der Waals surface area (Å²) in [6, 6.07) is 0. The summed E-state index contributed by atoms with van der Waals surface area (Å²) >= 11 is 0. The van der Waals surface area contributed by atoms with Crippen molar-refractivity contribution in [3.63, 3.8) is 0 Å². The van der Waals surface area contributed by atoms with Crippen molar-refractivity contribution < 1.29 is 14.6 Å². The molecule has 0 fully saturated rings. The molecule has 5 nitrogen and oxygen atoms in total. The fourth-order valence-corrected chi connectivity index (χ4v) is 0.721. The molecule has 0 aliphatic rings. The van der Waals surface area contributed by atoms with E-state index in [1.54, 1.807) is 4.57 Å². The van der Waals surface area contributed by atoms with Crippen LogP contribution in [-0.4, -0.2) is 20.8 Å². The zero-order valence-electron chi connectivity index (χ0n) is 6.43. The molecular weight excluding hydrogens is 184 g/mol. The van der Waals surface area contributed by atoms with Crippen molar-refractivity contribution in [3.05, 3.63) is 12.5 Å². The standard InChI is InChI=1S/C6H8N2O3.ClH/c1-2-8-4-7-3-5(8)11-6(9)10;/h3-4H,2H2,1H3,(H,9,10);1H. The lowest BCUT2D eigenvalue weighted by Crippen LogP contribution is -2.07. The third kappa shape index (κ3) is 2.43. The SMILES string of the molecule is CCn1cncc1OC(=O)O.Cl. The lowest BCUT2D eigenvalue weighted by atomic mass is 10.7. The molecule has 0 bridgehead atoms. The van der Waals surface area contributed by atoms with Gasteiger partial charge < -0.3 is 14.4 Å². The number of carbonyl (C=O) groups is 1. The lowest BCUT2D eigenvalue weighted by molar-refractivity contribution is 0.140. The van der Waals surface area contributed by atoms with Crippen LogP contribution in [0.5, 0.6) is 5.88 Å². The van der Waals surface area contributed by atoms with Crippen molar-refractivity contribution in [1.29, 1.82) is 0 Å². The summed E-state index contributed by atoms with van der Waals surface area (Å²) < 4.78 is 5.98. The van der Waals surface area contributed by atoms with Gasteiger partial charge in [0.05, 0.1) is 12.5 Å². The Kier molecular flexibility index (Phi) is 4.14. The largest absolute Gasteiger partial charge is 0.512 e. The summed E-state index contributed by atoms with van der Waals surface area (Å²) in [6.45, 7) is 2.51. The van der Waals surface area contributed by atoms with Gasteiger partial charge in [-0.25, -0.2) is 9.78 Å². The van der Waals surface area contributed by atoms with Crippen LogP contribution in [0.2, 0.25) is 0 Å². The summed E-state index contributed by atoms with van der Waals surface area (Å²) in [5.41, 5.74) is 0. The molecule has 1 heterocycles. The third-order valence-corrected chi connectivity index (χ3v) is 1.21. The Balaban J connectivity index is 0.00000121. The van der Waals surface area contributed by atoms with Gasteiger partial charge in [-0.15, -0.1) is 12.4 Å². The number of aromatic nitrogens is 2. The van der Waals surface area contributed by atoms with E-state index in [-0.39, 0.29) is 18.3 Å². The average molecular weight is 193 g/mol. The van der Waals surface area contributed by atoms with Crippen LogP contribution in [-0.2, 0) is 6.54 Å². The molecule has 0 saturated carbocycles. The fraction of sp³-hybridized carbons (Fsp3) is 0.333. The van der Waals surface area contributed by atoms with Gasteiger partial charge in [-0.1, -0.05) is 0 Å². The molecule has 1 aromatic rings. The van der Waals surface area contributed by atoms with E-state index in [9.17, 15) is 4.79 Å². The van der Waals surface area contributed by atoms with Gasteiger partial charge in [-0.3, -0.25) is 0 Å².